The molecule has 1 heterocycles. The molecule has 0 atom stereocenters. The molecular weight excluding hydrogens is 214 g/mol. The predicted octanol–water partition coefficient (Wildman–Crippen LogP) is 1.89. The van der Waals surface area contributed by atoms with Crippen molar-refractivity contribution in [2.75, 3.05) is 20.3 Å². The van der Waals surface area contributed by atoms with Crippen LogP contribution in [0.25, 0.3) is 6.20 Å². The van der Waals surface area contributed by atoms with Gasteiger partial charge in [-0.3, -0.25) is 0 Å². The van der Waals surface area contributed by atoms with Crippen molar-refractivity contribution in [1.82, 2.24) is 15.1 Å². The van der Waals surface area contributed by atoms with E-state index in [1.165, 1.54) is 24.8 Å². The summed E-state index contributed by atoms with van der Waals surface area (Å²) in [6.07, 6.45) is 9.40. The molecule has 2 rings (SSSR count). The third-order valence-corrected chi connectivity index (χ3v) is 3.46. The summed E-state index contributed by atoms with van der Waals surface area (Å²) in [7, 11) is 1.77. The average Bonchev–Trinajstić information content (AvgIpc) is 2.96. The molecule has 1 fully saturated rings. The van der Waals surface area contributed by atoms with Crippen molar-refractivity contribution in [3.8, 4) is 0 Å². The van der Waals surface area contributed by atoms with Crippen molar-refractivity contribution in [1.29, 1.82) is 0 Å². The van der Waals surface area contributed by atoms with E-state index in [2.05, 4.69) is 17.0 Å². The molecule has 0 aromatic carbocycles. The van der Waals surface area contributed by atoms with Crippen LogP contribution in [0.3, 0.4) is 0 Å². The lowest BCUT2D eigenvalue weighted by molar-refractivity contribution is 0.171. The van der Waals surface area contributed by atoms with Gasteiger partial charge in [0.05, 0.1) is 6.20 Å². The molecule has 0 amide bonds. The Kier molecular flexibility index (Phi) is 3.97. The lowest BCUT2D eigenvalue weighted by Crippen LogP contribution is -2.24. The van der Waals surface area contributed by atoms with Gasteiger partial charge in [-0.2, -0.15) is 5.10 Å². The maximum Gasteiger partial charge on any atom is 0.0538 e. The van der Waals surface area contributed by atoms with E-state index in [0.717, 1.165) is 19.7 Å². The first-order valence-electron chi connectivity index (χ1n) is 6.13. The number of hydrogen-bond donors (Lipinski definition) is 1. The van der Waals surface area contributed by atoms with Gasteiger partial charge >= 0.3 is 0 Å². The van der Waals surface area contributed by atoms with Crippen molar-refractivity contribution in [3.63, 3.8) is 0 Å². The van der Waals surface area contributed by atoms with Crippen LogP contribution in [0.15, 0.2) is 19.0 Å². The molecule has 4 nitrogen and oxygen atoms in total. The quantitative estimate of drug-likeness (QED) is 0.748. The highest BCUT2D eigenvalue weighted by molar-refractivity contribution is 5.17. The largest absolute Gasteiger partial charge is 0.385 e. The van der Waals surface area contributed by atoms with Crippen molar-refractivity contribution in [2.45, 2.75) is 25.8 Å². The van der Waals surface area contributed by atoms with Gasteiger partial charge in [-0.05, 0) is 24.7 Å². The van der Waals surface area contributed by atoms with Gasteiger partial charge in [0.1, 0.15) is 0 Å². The van der Waals surface area contributed by atoms with Crippen LogP contribution in [0.4, 0.5) is 0 Å². The molecular formula is C13H21N3O. The first-order chi connectivity index (χ1) is 8.28. The Labute approximate surface area is 103 Å². The first-order valence-corrected chi connectivity index (χ1v) is 6.13. The second-order valence-electron chi connectivity index (χ2n) is 4.86. The number of nitrogens with one attached hydrogen (secondary N) is 1. The van der Waals surface area contributed by atoms with Crippen LogP contribution in [0, 0.1) is 5.41 Å². The van der Waals surface area contributed by atoms with Gasteiger partial charge in [-0.1, -0.05) is 6.58 Å². The SMILES string of the molecule is C=Cn1cc(CNCC2(CCOC)CC2)cn1. The summed E-state index contributed by atoms with van der Waals surface area (Å²) in [6.45, 7) is 6.50. The van der Waals surface area contributed by atoms with Gasteiger partial charge in [-0.25, -0.2) is 4.68 Å². The molecule has 1 N–H and O–H groups in total. The van der Waals surface area contributed by atoms with E-state index in [1.54, 1.807) is 18.0 Å². The lowest BCUT2D eigenvalue weighted by atomic mass is 10.0. The molecule has 0 aliphatic heterocycles. The van der Waals surface area contributed by atoms with Crippen LogP contribution in [0.5, 0.6) is 0 Å². The molecule has 0 radical (unpaired) electrons. The Hall–Kier alpha value is -1.13. The van der Waals surface area contributed by atoms with Crippen LogP contribution < -0.4 is 5.32 Å². The van der Waals surface area contributed by atoms with E-state index in [4.69, 9.17) is 4.74 Å². The normalized spacial score (nSPS) is 17.0. The van der Waals surface area contributed by atoms with E-state index in [9.17, 15) is 0 Å². The molecule has 1 aromatic heterocycles. The molecule has 94 valence electrons. The van der Waals surface area contributed by atoms with Gasteiger partial charge < -0.3 is 10.1 Å². The number of hydrogen-bond acceptors (Lipinski definition) is 3. The van der Waals surface area contributed by atoms with Crippen molar-refractivity contribution in [2.24, 2.45) is 5.41 Å². The molecule has 0 saturated heterocycles. The van der Waals surface area contributed by atoms with Gasteiger partial charge in [0.25, 0.3) is 0 Å². The molecule has 1 saturated carbocycles. The van der Waals surface area contributed by atoms with E-state index in [1.807, 2.05) is 12.4 Å². The number of aromatic nitrogens is 2. The number of nitrogens with zero attached hydrogens (tertiary/aromatic N) is 2. The summed E-state index contributed by atoms with van der Waals surface area (Å²) in [5.41, 5.74) is 1.71. The van der Waals surface area contributed by atoms with Crippen LogP contribution in [0.2, 0.25) is 0 Å². The number of rotatable bonds is 8. The highest BCUT2D eigenvalue weighted by atomic mass is 16.5. The molecule has 0 spiro atoms. The zero-order valence-electron chi connectivity index (χ0n) is 10.5. The Morgan fingerprint density at radius 3 is 3.06 bits per heavy atom. The van der Waals surface area contributed by atoms with Gasteiger partial charge in [0.2, 0.25) is 0 Å². The van der Waals surface area contributed by atoms with Crippen LogP contribution >= 0.6 is 0 Å². The van der Waals surface area contributed by atoms with E-state index < -0.39 is 0 Å². The van der Waals surface area contributed by atoms with Crippen molar-refractivity contribution < 1.29 is 4.74 Å². The smallest absolute Gasteiger partial charge is 0.0538 e. The summed E-state index contributed by atoms with van der Waals surface area (Å²) in [6, 6.07) is 0. The topological polar surface area (TPSA) is 39.1 Å². The van der Waals surface area contributed by atoms with Crippen molar-refractivity contribution in [3.05, 3.63) is 24.5 Å². The molecule has 1 aromatic rings. The van der Waals surface area contributed by atoms with Gasteiger partial charge in [0.15, 0.2) is 0 Å². The minimum absolute atomic E-state index is 0.504. The predicted molar refractivity (Wildman–Crippen MR) is 68.5 cm³/mol. The molecule has 1 aliphatic carbocycles. The molecule has 17 heavy (non-hydrogen) atoms. The highest BCUT2D eigenvalue weighted by Gasteiger charge is 2.41. The monoisotopic (exact) mass is 235 g/mol. The fourth-order valence-corrected chi connectivity index (χ4v) is 2.05. The fourth-order valence-electron chi connectivity index (χ4n) is 2.05. The lowest BCUT2D eigenvalue weighted by Gasteiger charge is -2.14. The summed E-state index contributed by atoms with van der Waals surface area (Å²) in [5.74, 6) is 0. The average molecular weight is 235 g/mol. The Morgan fingerprint density at radius 2 is 2.47 bits per heavy atom. The molecule has 0 bridgehead atoms. The molecule has 0 unspecified atom stereocenters. The summed E-state index contributed by atoms with van der Waals surface area (Å²) in [5, 5.41) is 7.66. The maximum atomic E-state index is 5.15. The highest BCUT2D eigenvalue weighted by Crippen LogP contribution is 2.48. The van der Waals surface area contributed by atoms with Crippen LogP contribution in [0.1, 0.15) is 24.8 Å². The Bertz CT molecular complexity index is 368. The fraction of sp³-hybridized carbons (Fsp3) is 0.615. The maximum absolute atomic E-state index is 5.15. The number of methoxy groups -OCH3 is 1. The van der Waals surface area contributed by atoms with E-state index in [-0.39, 0.29) is 0 Å². The van der Waals surface area contributed by atoms with Gasteiger partial charge in [0, 0.05) is 44.8 Å². The van der Waals surface area contributed by atoms with E-state index in [0.29, 0.717) is 5.41 Å². The minimum atomic E-state index is 0.504. The van der Waals surface area contributed by atoms with Crippen molar-refractivity contribution >= 4 is 6.20 Å². The summed E-state index contributed by atoms with van der Waals surface area (Å²) < 4.78 is 6.88. The first kappa shape index (κ1) is 12.3. The summed E-state index contributed by atoms with van der Waals surface area (Å²) in [4.78, 5) is 0. The standard InChI is InChI=1S/C13H21N3O/c1-3-16-10-12(9-15-16)8-14-11-13(4-5-13)6-7-17-2/h3,9-10,14H,1,4-8,11H2,2H3. The zero-order chi connectivity index (χ0) is 12.1. The van der Waals surface area contributed by atoms with Gasteiger partial charge in [-0.15, -0.1) is 0 Å². The number of ether oxygens (including phenoxy) is 1. The second-order valence-corrected chi connectivity index (χ2v) is 4.86. The van der Waals surface area contributed by atoms with E-state index >= 15 is 0 Å². The Morgan fingerprint density at radius 1 is 1.65 bits per heavy atom. The molecule has 4 heteroatoms. The van der Waals surface area contributed by atoms with Crippen LogP contribution in [-0.4, -0.2) is 30.0 Å². The second kappa shape index (κ2) is 5.47. The zero-order valence-corrected chi connectivity index (χ0v) is 10.5. The minimum Gasteiger partial charge on any atom is -0.385 e. The Balaban J connectivity index is 1.70. The third-order valence-electron chi connectivity index (χ3n) is 3.46. The third kappa shape index (κ3) is 3.41. The molecule has 1 aliphatic rings. The van der Waals surface area contributed by atoms with Crippen LogP contribution in [-0.2, 0) is 11.3 Å². The summed E-state index contributed by atoms with van der Waals surface area (Å²) >= 11 is 0.